The molecule has 3 heterocycles. The molecule has 4 rings (SSSR count). The number of pyridine rings is 1. The van der Waals surface area contributed by atoms with E-state index in [0.29, 0.717) is 6.04 Å². The Kier molecular flexibility index (Phi) is 5.09. The molecule has 1 saturated carbocycles. The van der Waals surface area contributed by atoms with Gasteiger partial charge in [-0.05, 0) is 49.9 Å². The highest BCUT2D eigenvalue weighted by molar-refractivity contribution is 5.80. The molecule has 2 aliphatic rings. The number of amides is 1. The van der Waals surface area contributed by atoms with Gasteiger partial charge in [0.2, 0.25) is 5.91 Å². The quantitative estimate of drug-likeness (QED) is 0.917. The topological polar surface area (TPSA) is 71.0 Å². The molecule has 1 aliphatic heterocycles. The van der Waals surface area contributed by atoms with Crippen molar-refractivity contribution in [3.63, 3.8) is 0 Å². The summed E-state index contributed by atoms with van der Waals surface area (Å²) in [5.74, 6) is 1.10. The van der Waals surface area contributed by atoms with Crippen LogP contribution in [0.1, 0.15) is 38.5 Å². The Morgan fingerprint density at radius 3 is 2.69 bits per heavy atom. The molecular weight excluding hydrogens is 326 g/mol. The van der Waals surface area contributed by atoms with Crippen LogP contribution < -0.4 is 10.2 Å². The van der Waals surface area contributed by atoms with E-state index in [0.717, 1.165) is 55.8 Å². The third kappa shape index (κ3) is 3.84. The van der Waals surface area contributed by atoms with E-state index in [1.54, 1.807) is 12.4 Å². The SMILES string of the molecule is O=C(NC1CCCC1)C1CCCN(c2ccc(-c3cccnc3)nn2)C1. The zero-order valence-electron chi connectivity index (χ0n) is 15.0. The molecular formula is C20H25N5O. The van der Waals surface area contributed by atoms with Gasteiger partial charge in [-0.1, -0.05) is 12.8 Å². The van der Waals surface area contributed by atoms with E-state index < -0.39 is 0 Å². The molecule has 0 aromatic carbocycles. The lowest BCUT2D eigenvalue weighted by Gasteiger charge is -2.33. The van der Waals surface area contributed by atoms with Gasteiger partial charge in [0.25, 0.3) is 0 Å². The summed E-state index contributed by atoms with van der Waals surface area (Å²) in [6.07, 6.45) is 10.2. The molecule has 0 bridgehead atoms. The van der Waals surface area contributed by atoms with Crippen LogP contribution in [0.5, 0.6) is 0 Å². The van der Waals surface area contributed by atoms with Crippen LogP contribution in [0, 0.1) is 5.92 Å². The Hall–Kier alpha value is -2.50. The third-order valence-corrected chi connectivity index (χ3v) is 5.43. The minimum absolute atomic E-state index is 0.0455. The van der Waals surface area contributed by atoms with Gasteiger partial charge in [0.05, 0.1) is 11.6 Å². The first-order valence-electron chi connectivity index (χ1n) is 9.59. The smallest absolute Gasteiger partial charge is 0.225 e. The van der Waals surface area contributed by atoms with E-state index in [4.69, 9.17) is 0 Å². The summed E-state index contributed by atoms with van der Waals surface area (Å²) in [7, 11) is 0. The molecule has 1 atom stereocenters. The minimum atomic E-state index is 0.0455. The van der Waals surface area contributed by atoms with Crippen LogP contribution in [0.4, 0.5) is 5.82 Å². The summed E-state index contributed by atoms with van der Waals surface area (Å²) in [6, 6.07) is 8.22. The second-order valence-electron chi connectivity index (χ2n) is 7.29. The highest BCUT2D eigenvalue weighted by Crippen LogP contribution is 2.24. The van der Waals surface area contributed by atoms with Crippen LogP contribution in [0.25, 0.3) is 11.3 Å². The fourth-order valence-corrected chi connectivity index (χ4v) is 3.95. The first-order chi connectivity index (χ1) is 12.8. The van der Waals surface area contributed by atoms with Crippen LogP contribution in [-0.4, -0.2) is 40.2 Å². The van der Waals surface area contributed by atoms with Gasteiger partial charge in [0.1, 0.15) is 0 Å². The first kappa shape index (κ1) is 16.9. The van der Waals surface area contributed by atoms with Gasteiger partial charge >= 0.3 is 0 Å². The summed E-state index contributed by atoms with van der Waals surface area (Å²) in [6.45, 7) is 1.65. The van der Waals surface area contributed by atoms with Crippen LogP contribution in [0.15, 0.2) is 36.7 Å². The maximum atomic E-state index is 12.6. The fourth-order valence-electron chi connectivity index (χ4n) is 3.95. The zero-order valence-corrected chi connectivity index (χ0v) is 15.0. The monoisotopic (exact) mass is 351 g/mol. The molecule has 0 radical (unpaired) electrons. The largest absolute Gasteiger partial charge is 0.354 e. The lowest BCUT2D eigenvalue weighted by atomic mass is 9.96. The predicted octanol–water partition coefficient (Wildman–Crippen LogP) is 2.81. The molecule has 136 valence electrons. The van der Waals surface area contributed by atoms with E-state index in [1.165, 1.54) is 12.8 Å². The van der Waals surface area contributed by atoms with E-state index in [1.807, 2.05) is 24.3 Å². The second-order valence-corrected chi connectivity index (χ2v) is 7.29. The number of anilines is 1. The van der Waals surface area contributed by atoms with Crippen LogP contribution in [0.2, 0.25) is 0 Å². The summed E-state index contributed by atoms with van der Waals surface area (Å²) >= 11 is 0. The molecule has 1 unspecified atom stereocenters. The Morgan fingerprint density at radius 2 is 1.96 bits per heavy atom. The van der Waals surface area contributed by atoms with Gasteiger partial charge in [-0.25, -0.2) is 0 Å². The number of nitrogens with zero attached hydrogens (tertiary/aromatic N) is 4. The molecule has 1 N–H and O–H groups in total. The van der Waals surface area contributed by atoms with Crippen molar-refractivity contribution < 1.29 is 4.79 Å². The number of carbonyl (C=O) groups excluding carboxylic acids is 1. The Labute approximate surface area is 154 Å². The second kappa shape index (κ2) is 7.81. The molecule has 6 heteroatoms. The lowest BCUT2D eigenvalue weighted by molar-refractivity contribution is -0.125. The van der Waals surface area contributed by atoms with Crippen molar-refractivity contribution in [3.05, 3.63) is 36.7 Å². The van der Waals surface area contributed by atoms with E-state index >= 15 is 0 Å². The highest BCUT2D eigenvalue weighted by atomic mass is 16.2. The molecule has 2 aromatic heterocycles. The number of piperidine rings is 1. The van der Waals surface area contributed by atoms with Crippen molar-refractivity contribution in [2.24, 2.45) is 5.92 Å². The van der Waals surface area contributed by atoms with Crippen molar-refractivity contribution in [1.82, 2.24) is 20.5 Å². The van der Waals surface area contributed by atoms with Gasteiger partial charge in [0.15, 0.2) is 5.82 Å². The lowest BCUT2D eigenvalue weighted by Crippen LogP contribution is -2.45. The molecule has 1 amide bonds. The first-order valence-corrected chi connectivity index (χ1v) is 9.59. The van der Waals surface area contributed by atoms with Gasteiger partial charge in [-0.2, -0.15) is 0 Å². The molecule has 26 heavy (non-hydrogen) atoms. The molecule has 6 nitrogen and oxygen atoms in total. The molecule has 0 spiro atoms. The number of aromatic nitrogens is 3. The van der Waals surface area contributed by atoms with Crippen molar-refractivity contribution in [2.75, 3.05) is 18.0 Å². The standard InChI is InChI=1S/C20H25N5O/c26-20(22-17-7-1-2-8-17)16-6-4-12-25(14-16)19-10-9-18(23-24-19)15-5-3-11-21-13-15/h3,5,9-11,13,16-17H,1-2,4,6-8,12,14H2,(H,22,26). The van der Waals surface area contributed by atoms with Crippen molar-refractivity contribution in [2.45, 2.75) is 44.6 Å². The summed E-state index contributed by atoms with van der Waals surface area (Å²) in [4.78, 5) is 18.9. The molecule has 2 aromatic rings. The van der Waals surface area contributed by atoms with Crippen LogP contribution >= 0.6 is 0 Å². The maximum absolute atomic E-state index is 12.6. The predicted molar refractivity (Wildman–Crippen MR) is 101 cm³/mol. The molecule has 1 saturated heterocycles. The summed E-state index contributed by atoms with van der Waals surface area (Å²) in [5.41, 5.74) is 1.77. The summed E-state index contributed by atoms with van der Waals surface area (Å²) in [5, 5.41) is 12.0. The highest BCUT2D eigenvalue weighted by Gasteiger charge is 2.28. The number of carbonyl (C=O) groups is 1. The van der Waals surface area contributed by atoms with Crippen LogP contribution in [0.3, 0.4) is 0 Å². The van der Waals surface area contributed by atoms with Crippen LogP contribution in [-0.2, 0) is 4.79 Å². The normalized spacial score (nSPS) is 20.9. The van der Waals surface area contributed by atoms with Gasteiger partial charge in [-0.15, -0.1) is 10.2 Å². The zero-order chi connectivity index (χ0) is 17.8. The van der Waals surface area contributed by atoms with E-state index in [9.17, 15) is 4.79 Å². The Morgan fingerprint density at radius 1 is 1.08 bits per heavy atom. The summed E-state index contributed by atoms with van der Waals surface area (Å²) < 4.78 is 0. The van der Waals surface area contributed by atoms with E-state index in [-0.39, 0.29) is 11.8 Å². The molecule has 1 aliphatic carbocycles. The van der Waals surface area contributed by atoms with Gasteiger partial charge in [0, 0.05) is 37.1 Å². The number of rotatable bonds is 4. The maximum Gasteiger partial charge on any atom is 0.225 e. The van der Waals surface area contributed by atoms with E-state index in [2.05, 4.69) is 25.4 Å². The number of nitrogens with one attached hydrogen (secondary N) is 1. The fraction of sp³-hybridized carbons (Fsp3) is 0.500. The average molecular weight is 351 g/mol. The Bertz CT molecular complexity index is 728. The van der Waals surface area contributed by atoms with Crippen molar-refractivity contribution in [3.8, 4) is 11.3 Å². The third-order valence-electron chi connectivity index (χ3n) is 5.43. The Balaban J connectivity index is 1.40. The number of hydrogen-bond acceptors (Lipinski definition) is 5. The van der Waals surface area contributed by atoms with Gasteiger partial charge < -0.3 is 10.2 Å². The minimum Gasteiger partial charge on any atom is -0.354 e. The average Bonchev–Trinajstić information content (AvgIpc) is 3.22. The van der Waals surface area contributed by atoms with Crippen molar-refractivity contribution in [1.29, 1.82) is 0 Å². The molecule has 2 fully saturated rings. The van der Waals surface area contributed by atoms with Gasteiger partial charge in [-0.3, -0.25) is 9.78 Å². The number of hydrogen-bond donors (Lipinski definition) is 1. The van der Waals surface area contributed by atoms with Crippen molar-refractivity contribution >= 4 is 11.7 Å².